The molecule has 7 heteroatoms. The first-order valence-electron chi connectivity index (χ1n) is 12.0. The first kappa shape index (κ1) is 21.6. The van der Waals surface area contributed by atoms with Gasteiger partial charge in [-0.15, -0.1) is 0 Å². The van der Waals surface area contributed by atoms with E-state index in [1.807, 2.05) is 18.2 Å². The minimum absolute atomic E-state index is 0.0172. The molecule has 1 aliphatic carbocycles. The van der Waals surface area contributed by atoms with Gasteiger partial charge in [0, 0.05) is 18.9 Å². The number of carbonyl (C=O) groups excluding carboxylic acids is 2. The zero-order valence-corrected chi connectivity index (χ0v) is 18.5. The Morgan fingerprint density at radius 3 is 2.69 bits per heavy atom. The van der Waals surface area contributed by atoms with Crippen LogP contribution in [0.1, 0.15) is 62.8 Å². The fraction of sp³-hybridized carbons (Fsp3) is 0.640. The molecular weight excluding hydrogens is 408 g/mol. The molecule has 6 rings (SSSR count). The highest BCUT2D eigenvalue weighted by atomic mass is 16.5. The van der Waals surface area contributed by atoms with Gasteiger partial charge in [0.2, 0.25) is 0 Å². The van der Waals surface area contributed by atoms with Gasteiger partial charge < -0.3 is 19.1 Å². The fourth-order valence-corrected chi connectivity index (χ4v) is 5.47. The standard InChI is InChI=1S/C25H32N2O5/c28-24-16-32-22-7-2-1-5-19(22)17-9-11-18(12-10-17)31-15-21-20(6-3-13-27(21)24)26-25(29)23-8-4-14-30-23/h1-2,5,7,17-18,21,23H,3-4,6,8-16H2/t17?,18?,21-,23-/m0/s1. The lowest BCUT2D eigenvalue weighted by Gasteiger charge is -2.37. The summed E-state index contributed by atoms with van der Waals surface area (Å²) >= 11 is 0. The average Bonchev–Trinajstić information content (AvgIpc) is 3.37. The van der Waals surface area contributed by atoms with Crippen LogP contribution in [0.3, 0.4) is 0 Å². The summed E-state index contributed by atoms with van der Waals surface area (Å²) in [7, 11) is 0. The first-order valence-corrected chi connectivity index (χ1v) is 12.0. The quantitative estimate of drug-likeness (QED) is 0.670. The molecule has 0 aromatic heterocycles. The van der Waals surface area contributed by atoms with Crippen LogP contribution in [0.15, 0.2) is 29.3 Å². The summed E-state index contributed by atoms with van der Waals surface area (Å²) in [5.74, 6) is 0.934. The SMILES string of the molecule is O=C(N=C1CCCN2C(=O)COc3ccccc3C3CCC(CC3)OC[C@@H]12)[C@@H]1CCCO1. The number of amides is 2. The summed E-state index contributed by atoms with van der Waals surface area (Å²) in [6.07, 6.45) is 6.89. The molecule has 2 atom stereocenters. The molecule has 0 unspecified atom stereocenters. The predicted octanol–water partition coefficient (Wildman–Crippen LogP) is 3.26. The van der Waals surface area contributed by atoms with Gasteiger partial charge in [-0.1, -0.05) is 18.2 Å². The van der Waals surface area contributed by atoms with Crippen LogP contribution in [0.5, 0.6) is 5.75 Å². The number of para-hydroxylation sites is 1. The Hall–Kier alpha value is -2.25. The highest BCUT2D eigenvalue weighted by Crippen LogP contribution is 2.38. The molecule has 0 spiro atoms. The highest BCUT2D eigenvalue weighted by Gasteiger charge is 2.35. The van der Waals surface area contributed by atoms with E-state index < -0.39 is 6.10 Å². The smallest absolute Gasteiger partial charge is 0.274 e. The monoisotopic (exact) mass is 440 g/mol. The molecule has 4 aliphatic heterocycles. The lowest BCUT2D eigenvalue weighted by Crippen LogP contribution is -2.53. The van der Waals surface area contributed by atoms with Gasteiger partial charge >= 0.3 is 0 Å². The summed E-state index contributed by atoms with van der Waals surface area (Å²) < 4.78 is 17.9. The molecule has 2 bridgehead atoms. The average molecular weight is 441 g/mol. The molecule has 0 radical (unpaired) electrons. The maximum atomic E-state index is 13.2. The van der Waals surface area contributed by atoms with Crippen LogP contribution in [0.4, 0.5) is 0 Å². The molecule has 2 amide bonds. The molecular formula is C25H32N2O5. The van der Waals surface area contributed by atoms with Gasteiger partial charge in [0.05, 0.1) is 18.8 Å². The van der Waals surface area contributed by atoms with Gasteiger partial charge in [-0.25, -0.2) is 4.99 Å². The third-order valence-corrected chi connectivity index (χ3v) is 7.25. The predicted molar refractivity (Wildman–Crippen MR) is 119 cm³/mol. The van der Waals surface area contributed by atoms with E-state index in [4.69, 9.17) is 14.2 Å². The fourth-order valence-electron chi connectivity index (χ4n) is 5.47. The second-order valence-electron chi connectivity index (χ2n) is 9.28. The molecule has 172 valence electrons. The van der Waals surface area contributed by atoms with Crippen molar-refractivity contribution < 1.29 is 23.8 Å². The Labute approximate surface area is 189 Å². The summed E-state index contributed by atoms with van der Waals surface area (Å²) in [4.78, 5) is 32.1. The van der Waals surface area contributed by atoms with E-state index in [9.17, 15) is 9.59 Å². The van der Waals surface area contributed by atoms with Gasteiger partial charge in [0.25, 0.3) is 11.8 Å². The van der Waals surface area contributed by atoms with Crippen LogP contribution in [-0.4, -0.2) is 67.0 Å². The van der Waals surface area contributed by atoms with E-state index in [2.05, 4.69) is 11.1 Å². The number of hydrogen-bond donors (Lipinski definition) is 0. The zero-order valence-electron chi connectivity index (χ0n) is 18.5. The number of rotatable bonds is 1. The van der Waals surface area contributed by atoms with Crippen LogP contribution in [0, 0.1) is 0 Å². The van der Waals surface area contributed by atoms with E-state index in [1.165, 1.54) is 5.56 Å². The zero-order chi connectivity index (χ0) is 21.9. The number of hydrogen-bond acceptors (Lipinski definition) is 5. The molecule has 1 saturated carbocycles. The normalized spacial score (nSPS) is 32.3. The van der Waals surface area contributed by atoms with Gasteiger partial charge in [-0.05, 0) is 68.9 Å². The second-order valence-corrected chi connectivity index (χ2v) is 9.28. The van der Waals surface area contributed by atoms with Crippen molar-refractivity contribution in [2.24, 2.45) is 4.99 Å². The van der Waals surface area contributed by atoms with Crippen molar-refractivity contribution >= 4 is 17.5 Å². The van der Waals surface area contributed by atoms with E-state index in [1.54, 1.807) is 4.90 Å². The number of nitrogens with zero attached hydrogens (tertiary/aromatic N) is 2. The Kier molecular flexibility index (Phi) is 6.55. The summed E-state index contributed by atoms with van der Waals surface area (Å²) in [5, 5.41) is 0. The summed E-state index contributed by atoms with van der Waals surface area (Å²) in [6.45, 7) is 1.60. The highest BCUT2D eigenvalue weighted by molar-refractivity contribution is 6.02. The van der Waals surface area contributed by atoms with Crippen molar-refractivity contribution in [2.75, 3.05) is 26.4 Å². The number of ether oxygens (including phenoxy) is 3. The van der Waals surface area contributed by atoms with Crippen LogP contribution in [-0.2, 0) is 19.1 Å². The van der Waals surface area contributed by atoms with Crippen molar-refractivity contribution in [3.8, 4) is 5.75 Å². The second kappa shape index (κ2) is 9.71. The number of fused-ring (bicyclic) bond motifs is 5. The third kappa shape index (κ3) is 4.59. The minimum atomic E-state index is -0.445. The van der Waals surface area contributed by atoms with Crippen molar-refractivity contribution in [3.05, 3.63) is 29.8 Å². The summed E-state index contributed by atoms with van der Waals surface area (Å²) in [6, 6.07) is 7.77. The minimum Gasteiger partial charge on any atom is -0.483 e. The Bertz CT molecular complexity index is 871. The van der Waals surface area contributed by atoms with Crippen molar-refractivity contribution in [1.82, 2.24) is 4.90 Å². The molecule has 1 aromatic carbocycles. The van der Waals surface area contributed by atoms with Crippen LogP contribution >= 0.6 is 0 Å². The maximum absolute atomic E-state index is 13.2. The van der Waals surface area contributed by atoms with Crippen LogP contribution in [0.25, 0.3) is 0 Å². The first-order chi connectivity index (χ1) is 15.7. The van der Waals surface area contributed by atoms with Crippen LogP contribution < -0.4 is 4.74 Å². The number of carbonyl (C=O) groups is 2. The maximum Gasteiger partial charge on any atom is 0.274 e. The molecule has 0 N–H and O–H groups in total. The van der Waals surface area contributed by atoms with Gasteiger partial charge in [-0.3, -0.25) is 9.59 Å². The van der Waals surface area contributed by atoms with Crippen molar-refractivity contribution in [2.45, 2.75) is 75.5 Å². The molecule has 3 fully saturated rings. The van der Waals surface area contributed by atoms with Crippen molar-refractivity contribution in [3.63, 3.8) is 0 Å². The third-order valence-electron chi connectivity index (χ3n) is 7.25. The van der Waals surface area contributed by atoms with Crippen molar-refractivity contribution in [1.29, 1.82) is 0 Å². The molecule has 1 aromatic rings. The number of piperidine rings is 1. The molecule has 4 heterocycles. The van der Waals surface area contributed by atoms with Gasteiger partial charge in [0.1, 0.15) is 11.9 Å². The van der Waals surface area contributed by atoms with E-state index >= 15 is 0 Å². The van der Waals surface area contributed by atoms with Gasteiger partial charge in [0.15, 0.2) is 6.61 Å². The van der Waals surface area contributed by atoms with E-state index in [0.717, 1.165) is 56.4 Å². The topological polar surface area (TPSA) is 77.4 Å². The lowest BCUT2D eigenvalue weighted by atomic mass is 9.82. The number of aliphatic imine (C=N–C) groups is 1. The Morgan fingerprint density at radius 2 is 1.88 bits per heavy atom. The van der Waals surface area contributed by atoms with E-state index in [-0.39, 0.29) is 30.6 Å². The summed E-state index contributed by atoms with van der Waals surface area (Å²) in [5.41, 5.74) is 1.94. The molecule has 32 heavy (non-hydrogen) atoms. The molecule has 7 nitrogen and oxygen atoms in total. The number of benzene rings is 1. The van der Waals surface area contributed by atoms with Crippen LogP contribution in [0.2, 0.25) is 0 Å². The largest absolute Gasteiger partial charge is 0.483 e. The Balaban J connectivity index is 1.41. The van der Waals surface area contributed by atoms with Gasteiger partial charge in [-0.2, -0.15) is 0 Å². The molecule has 2 saturated heterocycles. The Morgan fingerprint density at radius 1 is 1.03 bits per heavy atom. The molecule has 5 aliphatic rings. The lowest BCUT2D eigenvalue weighted by molar-refractivity contribution is -0.136. The van der Waals surface area contributed by atoms with E-state index in [0.29, 0.717) is 32.1 Å².